The van der Waals surface area contributed by atoms with Crippen molar-refractivity contribution in [3.63, 3.8) is 0 Å². The molecule has 5 nitrogen and oxygen atoms in total. The molecule has 1 atom stereocenters. The van der Waals surface area contributed by atoms with Crippen LogP contribution in [0.1, 0.15) is 50.2 Å². The molecule has 0 spiro atoms. The summed E-state index contributed by atoms with van der Waals surface area (Å²) >= 11 is 0. The Morgan fingerprint density at radius 2 is 1.82 bits per heavy atom. The normalized spacial score (nSPS) is 23.8. The number of halogens is 3. The number of likely N-dealkylation sites (tertiary alicyclic amines) is 1. The van der Waals surface area contributed by atoms with E-state index in [1.54, 1.807) is 10.4 Å². The fourth-order valence-corrected chi connectivity index (χ4v) is 5.76. The van der Waals surface area contributed by atoms with Gasteiger partial charge in [-0.25, -0.2) is 0 Å². The summed E-state index contributed by atoms with van der Waals surface area (Å²) in [6, 6.07) is 5.28. The van der Waals surface area contributed by atoms with Crippen LogP contribution in [-0.4, -0.2) is 49.3 Å². The quantitative estimate of drug-likeness (QED) is 0.796. The van der Waals surface area contributed by atoms with Crippen LogP contribution in [0.4, 0.5) is 13.2 Å². The van der Waals surface area contributed by atoms with Gasteiger partial charge in [-0.1, -0.05) is 24.6 Å². The second-order valence-electron chi connectivity index (χ2n) is 7.83. The number of benzene rings is 1. The molecule has 0 saturated carbocycles. The van der Waals surface area contributed by atoms with E-state index in [4.69, 9.17) is 0 Å². The van der Waals surface area contributed by atoms with E-state index in [1.807, 2.05) is 6.92 Å². The van der Waals surface area contributed by atoms with Gasteiger partial charge in [-0.2, -0.15) is 30.6 Å². The largest absolute Gasteiger partial charge is 0.416 e. The highest BCUT2D eigenvalue weighted by molar-refractivity contribution is 7.87. The van der Waals surface area contributed by atoms with E-state index in [1.165, 1.54) is 12.1 Å². The fourth-order valence-electron chi connectivity index (χ4n) is 4.02. The Bertz CT molecular complexity index is 762. The minimum atomic E-state index is -4.34. The van der Waals surface area contributed by atoms with Crippen molar-refractivity contribution in [2.24, 2.45) is 0 Å². The van der Waals surface area contributed by atoms with E-state index in [9.17, 15) is 21.6 Å². The summed E-state index contributed by atoms with van der Waals surface area (Å²) in [5.41, 5.74) is -0.0145. The minimum Gasteiger partial charge on any atom is -0.299 e. The van der Waals surface area contributed by atoms with Crippen molar-refractivity contribution in [2.75, 3.05) is 19.6 Å². The highest BCUT2D eigenvalue weighted by atomic mass is 32.2. The molecule has 1 aromatic carbocycles. The van der Waals surface area contributed by atoms with Gasteiger partial charge in [0.05, 0.1) is 5.56 Å². The first-order valence-electron chi connectivity index (χ1n) is 9.83. The molecule has 3 rings (SSSR count). The summed E-state index contributed by atoms with van der Waals surface area (Å²) in [7, 11) is -3.49. The molecule has 9 heteroatoms. The lowest BCUT2D eigenvalue weighted by atomic mass is 10.0. The van der Waals surface area contributed by atoms with Crippen molar-refractivity contribution < 1.29 is 21.6 Å². The zero-order valence-electron chi connectivity index (χ0n) is 16.1. The first kappa shape index (κ1) is 21.5. The number of rotatable bonds is 5. The second-order valence-corrected chi connectivity index (χ2v) is 9.48. The lowest BCUT2D eigenvalue weighted by Crippen LogP contribution is -2.52. The summed E-state index contributed by atoms with van der Waals surface area (Å²) in [5, 5.41) is 0. The van der Waals surface area contributed by atoms with Crippen molar-refractivity contribution in [3.05, 3.63) is 35.4 Å². The van der Waals surface area contributed by atoms with Crippen LogP contribution in [0.3, 0.4) is 0 Å². The molecule has 0 radical (unpaired) electrons. The molecule has 0 aliphatic carbocycles. The lowest BCUT2D eigenvalue weighted by Gasteiger charge is -2.36. The molecular weight excluding hydrogens is 391 g/mol. The number of hydrogen-bond donors (Lipinski definition) is 1. The maximum absolute atomic E-state index is 12.9. The van der Waals surface area contributed by atoms with Gasteiger partial charge in [-0.15, -0.1) is 0 Å². The van der Waals surface area contributed by atoms with Gasteiger partial charge >= 0.3 is 6.18 Å². The van der Waals surface area contributed by atoms with Crippen LogP contribution < -0.4 is 4.72 Å². The van der Waals surface area contributed by atoms with Gasteiger partial charge in [0, 0.05) is 38.3 Å². The van der Waals surface area contributed by atoms with E-state index in [2.05, 4.69) is 9.62 Å². The van der Waals surface area contributed by atoms with Gasteiger partial charge in [-0.05, 0) is 44.2 Å². The molecule has 2 saturated heterocycles. The van der Waals surface area contributed by atoms with E-state index in [-0.39, 0.29) is 12.1 Å². The summed E-state index contributed by atoms with van der Waals surface area (Å²) in [6.45, 7) is 4.24. The maximum Gasteiger partial charge on any atom is 0.416 e. The van der Waals surface area contributed by atoms with E-state index in [0.29, 0.717) is 44.6 Å². The first-order valence-corrected chi connectivity index (χ1v) is 11.3. The molecule has 2 fully saturated rings. The Morgan fingerprint density at radius 1 is 1.11 bits per heavy atom. The zero-order chi connectivity index (χ0) is 20.4. The molecule has 0 amide bonds. The third-order valence-corrected chi connectivity index (χ3v) is 7.41. The standard InChI is InChI=1S/C19H28F3N3O2S/c1-15-5-2-3-10-25(15)28(26,27)23-18-8-11-24(12-9-18)14-16-6-4-7-17(13-16)19(20,21)22/h4,6-7,13,15,18,23H,2-3,5,8-12,14H2,1H3/t15-/m0/s1. The van der Waals surface area contributed by atoms with E-state index in [0.717, 1.165) is 25.3 Å². The smallest absolute Gasteiger partial charge is 0.299 e. The molecule has 0 unspecified atom stereocenters. The highest BCUT2D eigenvalue weighted by Crippen LogP contribution is 2.30. The Balaban J connectivity index is 1.52. The number of hydrogen-bond acceptors (Lipinski definition) is 3. The van der Waals surface area contributed by atoms with Gasteiger partial charge < -0.3 is 0 Å². The lowest BCUT2D eigenvalue weighted by molar-refractivity contribution is -0.137. The summed E-state index contributed by atoms with van der Waals surface area (Å²) < 4.78 is 68.3. The van der Waals surface area contributed by atoms with Crippen LogP contribution in [0, 0.1) is 0 Å². The number of piperidine rings is 2. The topological polar surface area (TPSA) is 52.7 Å². The SMILES string of the molecule is C[C@H]1CCCCN1S(=O)(=O)NC1CCN(Cc2cccc(C(F)(F)F)c2)CC1. The van der Waals surface area contributed by atoms with Crippen molar-refractivity contribution in [3.8, 4) is 0 Å². The van der Waals surface area contributed by atoms with Crippen LogP contribution in [0.2, 0.25) is 0 Å². The Labute approximate surface area is 165 Å². The molecule has 0 bridgehead atoms. The molecular formula is C19H28F3N3O2S. The van der Waals surface area contributed by atoms with Gasteiger partial charge in [-0.3, -0.25) is 4.90 Å². The number of alkyl halides is 3. The first-order chi connectivity index (χ1) is 13.1. The molecule has 1 aromatic rings. The van der Waals surface area contributed by atoms with Gasteiger partial charge in [0.25, 0.3) is 10.2 Å². The molecule has 158 valence electrons. The average molecular weight is 420 g/mol. The summed E-state index contributed by atoms with van der Waals surface area (Å²) in [6.07, 6.45) is -0.203. The van der Waals surface area contributed by atoms with Crippen LogP contribution in [0.25, 0.3) is 0 Å². The maximum atomic E-state index is 12.9. The van der Waals surface area contributed by atoms with Crippen LogP contribution in [0.5, 0.6) is 0 Å². The average Bonchev–Trinajstić information content (AvgIpc) is 2.63. The third-order valence-electron chi connectivity index (χ3n) is 5.61. The Morgan fingerprint density at radius 3 is 2.46 bits per heavy atom. The number of nitrogens with zero attached hydrogens (tertiary/aromatic N) is 2. The molecule has 2 aliphatic rings. The molecule has 2 aliphatic heterocycles. The Hall–Kier alpha value is -1.16. The third kappa shape index (κ3) is 5.46. The second kappa shape index (κ2) is 8.69. The van der Waals surface area contributed by atoms with Crippen LogP contribution in [0.15, 0.2) is 24.3 Å². The van der Waals surface area contributed by atoms with E-state index < -0.39 is 21.9 Å². The molecule has 28 heavy (non-hydrogen) atoms. The monoisotopic (exact) mass is 419 g/mol. The van der Waals surface area contributed by atoms with E-state index >= 15 is 0 Å². The Kier molecular flexibility index (Phi) is 6.69. The minimum absolute atomic E-state index is 0.0206. The van der Waals surface area contributed by atoms with Crippen molar-refractivity contribution in [1.82, 2.24) is 13.9 Å². The predicted molar refractivity (Wildman–Crippen MR) is 102 cm³/mol. The highest BCUT2D eigenvalue weighted by Gasteiger charge is 2.33. The van der Waals surface area contributed by atoms with Crippen molar-refractivity contribution in [2.45, 2.75) is 63.8 Å². The fraction of sp³-hybridized carbons (Fsp3) is 0.684. The van der Waals surface area contributed by atoms with Gasteiger partial charge in [0.1, 0.15) is 0 Å². The van der Waals surface area contributed by atoms with Crippen LogP contribution >= 0.6 is 0 Å². The van der Waals surface area contributed by atoms with Crippen molar-refractivity contribution >= 4 is 10.2 Å². The predicted octanol–water partition coefficient (Wildman–Crippen LogP) is 3.38. The molecule has 0 aromatic heterocycles. The molecule has 2 heterocycles. The number of nitrogens with one attached hydrogen (secondary N) is 1. The zero-order valence-corrected chi connectivity index (χ0v) is 16.9. The molecule has 1 N–H and O–H groups in total. The summed E-state index contributed by atoms with van der Waals surface area (Å²) in [5.74, 6) is 0. The van der Waals surface area contributed by atoms with Crippen molar-refractivity contribution in [1.29, 1.82) is 0 Å². The van der Waals surface area contributed by atoms with Gasteiger partial charge in [0.15, 0.2) is 0 Å². The van der Waals surface area contributed by atoms with Crippen LogP contribution in [-0.2, 0) is 22.9 Å². The van der Waals surface area contributed by atoms with Gasteiger partial charge in [0.2, 0.25) is 0 Å². The summed E-state index contributed by atoms with van der Waals surface area (Å²) in [4.78, 5) is 2.07.